The number of anilines is 1. The number of fused-ring (bicyclic) bond motifs is 1. The fraction of sp³-hybridized carbons (Fsp3) is 0.467. The van der Waals surface area contributed by atoms with Crippen molar-refractivity contribution >= 4 is 23.0 Å². The smallest absolute Gasteiger partial charge is 0.298 e. The highest BCUT2D eigenvalue weighted by Crippen LogP contribution is 2.26. The van der Waals surface area contributed by atoms with Crippen LogP contribution in [0.5, 0.6) is 0 Å². The first-order valence-electron chi connectivity index (χ1n) is 6.95. The zero-order valence-electron chi connectivity index (χ0n) is 12.3. The highest BCUT2D eigenvalue weighted by molar-refractivity contribution is 5.82. The van der Waals surface area contributed by atoms with E-state index in [2.05, 4.69) is 10.3 Å². The van der Waals surface area contributed by atoms with Crippen molar-refractivity contribution < 1.29 is 13.6 Å². The first-order valence-corrected chi connectivity index (χ1v) is 6.95. The fourth-order valence-corrected chi connectivity index (χ4v) is 2.15. The maximum atomic E-state index is 13.1. The number of oxazole rings is 1. The van der Waals surface area contributed by atoms with Gasteiger partial charge < -0.3 is 14.6 Å². The molecule has 0 bridgehead atoms. The van der Waals surface area contributed by atoms with Crippen molar-refractivity contribution in [2.45, 2.75) is 26.8 Å². The number of hydrogen-bond donors (Lipinski definition) is 1. The minimum Gasteiger partial charge on any atom is -0.423 e. The van der Waals surface area contributed by atoms with Gasteiger partial charge in [-0.05, 0) is 12.1 Å². The summed E-state index contributed by atoms with van der Waals surface area (Å²) in [5.74, 6) is -0.309. The van der Waals surface area contributed by atoms with E-state index in [4.69, 9.17) is 4.42 Å². The van der Waals surface area contributed by atoms with Crippen LogP contribution in [0, 0.1) is 11.2 Å². The van der Waals surface area contributed by atoms with Gasteiger partial charge in [0.2, 0.25) is 5.91 Å². The van der Waals surface area contributed by atoms with E-state index < -0.39 is 5.41 Å². The second-order valence-corrected chi connectivity index (χ2v) is 6.43. The third-order valence-electron chi connectivity index (χ3n) is 3.51. The molecule has 1 aliphatic heterocycles. The number of hydrogen-bond acceptors (Lipinski definition) is 4. The zero-order valence-corrected chi connectivity index (χ0v) is 12.3. The Bertz CT molecular complexity index is 684. The number of aromatic nitrogens is 1. The molecular formula is C15H18FN3O2. The van der Waals surface area contributed by atoms with Crippen LogP contribution in [0.1, 0.15) is 20.8 Å². The van der Waals surface area contributed by atoms with Gasteiger partial charge in [0.15, 0.2) is 5.58 Å². The molecule has 0 spiro atoms. The molecule has 1 fully saturated rings. The lowest BCUT2D eigenvalue weighted by molar-refractivity contribution is -0.129. The lowest BCUT2D eigenvalue weighted by atomic mass is 9.94. The minimum absolute atomic E-state index is 0.0341. The molecule has 1 aromatic carbocycles. The molecule has 112 valence electrons. The second-order valence-electron chi connectivity index (χ2n) is 6.43. The van der Waals surface area contributed by atoms with Crippen LogP contribution in [0.15, 0.2) is 22.6 Å². The van der Waals surface area contributed by atoms with E-state index in [0.29, 0.717) is 30.2 Å². The molecule has 1 N–H and O–H groups in total. The molecule has 1 aromatic heterocycles. The maximum absolute atomic E-state index is 13.1. The SMILES string of the molecule is CC(C)(C)C(=O)NC1CN(c2nc3ccc(F)cc3o2)C1. The van der Waals surface area contributed by atoms with Gasteiger partial charge in [-0.2, -0.15) is 4.98 Å². The van der Waals surface area contributed by atoms with Crippen LogP contribution in [0.25, 0.3) is 11.1 Å². The summed E-state index contributed by atoms with van der Waals surface area (Å²) in [7, 11) is 0. The molecule has 2 aromatic rings. The van der Waals surface area contributed by atoms with E-state index in [1.807, 2.05) is 25.7 Å². The zero-order chi connectivity index (χ0) is 15.2. The van der Waals surface area contributed by atoms with E-state index in [1.54, 1.807) is 6.07 Å². The number of carbonyl (C=O) groups excluding carboxylic acids is 1. The molecule has 2 heterocycles. The van der Waals surface area contributed by atoms with Gasteiger partial charge in [0, 0.05) is 24.6 Å². The summed E-state index contributed by atoms with van der Waals surface area (Å²) in [5.41, 5.74) is 0.677. The van der Waals surface area contributed by atoms with Gasteiger partial charge in [-0.1, -0.05) is 20.8 Å². The summed E-state index contributed by atoms with van der Waals surface area (Å²) in [6.45, 7) is 6.95. The summed E-state index contributed by atoms with van der Waals surface area (Å²) in [6, 6.07) is 4.85. The van der Waals surface area contributed by atoms with Gasteiger partial charge >= 0.3 is 0 Å². The molecule has 6 heteroatoms. The van der Waals surface area contributed by atoms with Crippen LogP contribution < -0.4 is 10.2 Å². The molecule has 5 nitrogen and oxygen atoms in total. The maximum Gasteiger partial charge on any atom is 0.298 e. The molecule has 1 saturated heterocycles. The van der Waals surface area contributed by atoms with Crippen LogP contribution in [-0.2, 0) is 4.79 Å². The Morgan fingerprint density at radius 3 is 2.81 bits per heavy atom. The summed E-state index contributed by atoms with van der Waals surface area (Å²) < 4.78 is 18.6. The number of rotatable bonds is 2. The van der Waals surface area contributed by atoms with E-state index in [9.17, 15) is 9.18 Å². The first kappa shape index (κ1) is 13.9. The minimum atomic E-state index is -0.393. The number of nitrogens with zero attached hydrogens (tertiary/aromatic N) is 2. The van der Waals surface area contributed by atoms with Gasteiger partial charge in [-0.3, -0.25) is 4.79 Å². The molecule has 1 amide bonds. The lowest BCUT2D eigenvalue weighted by Crippen LogP contribution is -2.61. The van der Waals surface area contributed by atoms with Gasteiger partial charge in [0.1, 0.15) is 11.3 Å². The molecule has 21 heavy (non-hydrogen) atoms. The van der Waals surface area contributed by atoms with Crippen molar-refractivity contribution in [3.8, 4) is 0 Å². The lowest BCUT2D eigenvalue weighted by Gasteiger charge is -2.39. The molecule has 0 atom stereocenters. The standard InChI is InChI=1S/C15H18FN3O2/c1-15(2,3)13(20)17-10-7-19(8-10)14-18-11-5-4-9(16)6-12(11)21-14/h4-6,10H,7-8H2,1-3H3,(H,17,20). The van der Waals surface area contributed by atoms with Crippen molar-refractivity contribution in [2.75, 3.05) is 18.0 Å². The third kappa shape index (κ3) is 2.70. The third-order valence-corrected chi connectivity index (χ3v) is 3.51. The van der Waals surface area contributed by atoms with Gasteiger partial charge in [0.05, 0.1) is 6.04 Å². The Hall–Kier alpha value is -2.11. The van der Waals surface area contributed by atoms with Crippen LogP contribution in [-0.4, -0.2) is 30.0 Å². The monoisotopic (exact) mass is 291 g/mol. The average molecular weight is 291 g/mol. The van der Waals surface area contributed by atoms with Gasteiger partial charge in [-0.15, -0.1) is 0 Å². The fourth-order valence-electron chi connectivity index (χ4n) is 2.15. The van der Waals surface area contributed by atoms with E-state index in [-0.39, 0.29) is 17.8 Å². The number of carbonyl (C=O) groups is 1. The van der Waals surface area contributed by atoms with Crippen molar-refractivity contribution in [2.24, 2.45) is 5.41 Å². The number of benzene rings is 1. The molecule has 0 aliphatic carbocycles. The van der Waals surface area contributed by atoms with Crippen LogP contribution in [0.3, 0.4) is 0 Å². The van der Waals surface area contributed by atoms with Gasteiger partial charge in [0.25, 0.3) is 6.01 Å². The largest absolute Gasteiger partial charge is 0.423 e. The summed E-state index contributed by atoms with van der Waals surface area (Å²) in [5, 5.41) is 2.99. The van der Waals surface area contributed by atoms with Crippen molar-refractivity contribution in [3.05, 3.63) is 24.0 Å². The van der Waals surface area contributed by atoms with Crippen LogP contribution in [0.2, 0.25) is 0 Å². The number of nitrogens with one attached hydrogen (secondary N) is 1. The molecule has 0 radical (unpaired) electrons. The molecule has 1 aliphatic rings. The van der Waals surface area contributed by atoms with Gasteiger partial charge in [-0.25, -0.2) is 4.39 Å². The summed E-state index contributed by atoms with van der Waals surface area (Å²) in [6.07, 6.45) is 0. The highest BCUT2D eigenvalue weighted by atomic mass is 19.1. The van der Waals surface area contributed by atoms with Crippen molar-refractivity contribution in [3.63, 3.8) is 0 Å². The number of halogens is 1. The Labute approximate surface area is 122 Å². The molecule has 0 unspecified atom stereocenters. The van der Waals surface area contributed by atoms with Crippen molar-refractivity contribution in [1.29, 1.82) is 0 Å². The van der Waals surface area contributed by atoms with Crippen molar-refractivity contribution in [1.82, 2.24) is 10.3 Å². The average Bonchev–Trinajstić information content (AvgIpc) is 2.73. The van der Waals surface area contributed by atoms with E-state index in [0.717, 1.165) is 0 Å². The Kier molecular flexibility index (Phi) is 3.11. The Morgan fingerprint density at radius 1 is 1.43 bits per heavy atom. The Morgan fingerprint density at radius 2 is 2.14 bits per heavy atom. The predicted octanol–water partition coefficient (Wildman–Crippen LogP) is 2.32. The normalized spacial score (nSPS) is 16.1. The van der Waals surface area contributed by atoms with Crippen LogP contribution in [0.4, 0.5) is 10.4 Å². The first-order chi connectivity index (χ1) is 9.83. The predicted molar refractivity (Wildman–Crippen MR) is 77.6 cm³/mol. The summed E-state index contributed by atoms with van der Waals surface area (Å²) in [4.78, 5) is 18.1. The number of amides is 1. The second kappa shape index (κ2) is 4.72. The summed E-state index contributed by atoms with van der Waals surface area (Å²) >= 11 is 0. The topological polar surface area (TPSA) is 58.4 Å². The molecule has 0 saturated carbocycles. The molecule has 3 rings (SSSR count). The van der Waals surface area contributed by atoms with E-state index in [1.165, 1.54) is 12.1 Å². The molecular weight excluding hydrogens is 273 g/mol. The highest BCUT2D eigenvalue weighted by Gasteiger charge is 2.33. The van der Waals surface area contributed by atoms with E-state index >= 15 is 0 Å². The van der Waals surface area contributed by atoms with Crippen LogP contribution >= 0.6 is 0 Å². The Balaban J connectivity index is 1.64. The quantitative estimate of drug-likeness (QED) is 0.922.